The summed E-state index contributed by atoms with van der Waals surface area (Å²) in [6.45, 7) is 5.23. The lowest BCUT2D eigenvalue weighted by molar-refractivity contribution is 0.188. The first-order chi connectivity index (χ1) is 16.5. The maximum absolute atomic E-state index is 13.7. The monoisotopic (exact) mass is 496 g/mol. The van der Waals surface area contributed by atoms with Crippen LogP contribution in [0.2, 0.25) is 10.0 Å². The second-order valence-electron chi connectivity index (χ2n) is 8.33. The van der Waals surface area contributed by atoms with Gasteiger partial charge in [0.1, 0.15) is 11.9 Å². The highest BCUT2D eigenvalue weighted by Crippen LogP contribution is 2.34. The maximum atomic E-state index is 13.7. The van der Waals surface area contributed by atoms with Crippen molar-refractivity contribution in [2.45, 2.75) is 13.0 Å². The minimum absolute atomic E-state index is 0.286. The van der Waals surface area contributed by atoms with Crippen LogP contribution in [0, 0.1) is 12.7 Å². The van der Waals surface area contributed by atoms with Crippen molar-refractivity contribution in [2.24, 2.45) is 0 Å². The number of nitrogens with zero attached hydrogens (tertiary/aromatic N) is 4. The SMILES string of the molecule is Cc1ccc(Cl)cc1N1CCN([C@@H](c2ccc(F)cc2)c2nnc(-c3ccccc3Cl)o2)CC1. The van der Waals surface area contributed by atoms with Crippen LogP contribution < -0.4 is 4.90 Å². The number of benzene rings is 3. The Kier molecular flexibility index (Phi) is 6.55. The molecule has 1 atom stereocenters. The van der Waals surface area contributed by atoms with E-state index in [0.717, 1.165) is 42.5 Å². The third kappa shape index (κ3) is 4.67. The van der Waals surface area contributed by atoms with Crippen LogP contribution in [-0.4, -0.2) is 41.3 Å². The van der Waals surface area contributed by atoms with Gasteiger partial charge in [0.05, 0.1) is 10.6 Å². The van der Waals surface area contributed by atoms with E-state index in [1.165, 1.54) is 17.7 Å². The molecule has 5 rings (SSSR count). The van der Waals surface area contributed by atoms with Gasteiger partial charge in [0.15, 0.2) is 0 Å². The molecule has 0 saturated carbocycles. The second kappa shape index (κ2) is 9.74. The fourth-order valence-corrected chi connectivity index (χ4v) is 4.77. The number of hydrogen-bond acceptors (Lipinski definition) is 5. The van der Waals surface area contributed by atoms with E-state index in [1.54, 1.807) is 18.2 Å². The second-order valence-corrected chi connectivity index (χ2v) is 9.18. The number of aromatic nitrogens is 2. The van der Waals surface area contributed by atoms with Crippen LogP contribution in [0.15, 0.2) is 71.1 Å². The molecule has 0 bridgehead atoms. The van der Waals surface area contributed by atoms with Crippen molar-refractivity contribution in [2.75, 3.05) is 31.1 Å². The minimum Gasteiger partial charge on any atom is -0.419 e. The molecule has 1 aliphatic rings. The molecule has 3 aromatic carbocycles. The lowest BCUT2D eigenvalue weighted by Gasteiger charge is -2.39. The van der Waals surface area contributed by atoms with E-state index in [-0.39, 0.29) is 11.9 Å². The van der Waals surface area contributed by atoms with Gasteiger partial charge in [0.25, 0.3) is 0 Å². The van der Waals surface area contributed by atoms with Gasteiger partial charge in [0, 0.05) is 36.9 Å². The molecule has 1 fully saturated rings. The van der Waals surface area contributed by atoms with Crippen molar-refractivity contribution in [3.63, 3.8) is 0 Å². The van der Waals surface area contributed by atoms with E-state index in [9.17, 15) is 4.39 Å². The van der Waals surface area contributed by atoms with Crippen LogP contribution in [0.25, 0.3) is 11.5 Å². The third-order valence-electron chi connectivity index (χ3n) is 6.16. The number of halogens is 3. The molecule has 174 valence electrons. The van der Waals surface area contributed by atoms with Gasteiger partial charge in [-0.1, -0.05) is 53.5 Å². The Morgan fingerprint density at radius 2 is 1.65 bits per heavy atom. The molecule has 0 spiro atoms. The Morgan fingerprint density at radius 1 is 0.912 bits per heavy atom. The molecule has 2 heterocycles. The highest BCUT2D eigenvalue weighted by Gasteiger charge is 2.31. The fourth-order valence-electron chi connectivity index (χ4n) is 4.39. The lowest BCUT2D eigenvalue weighted by Crippen LogP contribution is -2.48. The van der Waals surface area contributed by atoms with Crippen LogP contribution in [0.4, 0.5) is 10.1 Å². The number of piperazine rings is 1. The summed E-state index contributed by atoms with van der Waals surface area (Å²) in [5.41, 5.74) is 3.91. The van der Waals surface area contributed by atoms with E-state index >= 15 is 0 Å². The molecule has 0 amide bonds. The average Bonchev–Trinajstić information content (AvgIpc) is 3.32. The van der Waals surface area contributed by atoms with E-state index in [4.69, 9.17) is 27.6 Å². The van der Waals surface area contributed by atoms with Crippen molar-refractivity contribution < 1.29 is 8.81 Å². The summed E-state index contributed by atoms with van der Waals surface area (Å²) in [4.78, 5) is 4.62. The molecule has 0 N–H and O–H groups in total. The highest BCUT2D eigenvalue weighted by molar-refractivity contribution is 6.33. The predicted octanol–water partition coefficient (Wildman–Crippen LogP) is 6.40. The summed E-state index contributed by atoms with van der Waals surface area (Å²) in [6, 6.07) is 19.5. The van der Waals surface area contributed by atoms with Crippen molar-refractivity contribution in [1.29, 1.82) is 0 Å². The van der Waals surface area contributed by atoms with E-state index in [0.29, 0.717) is 22.4 Å². The highest BCUT2D eigenvalue weighted by atomic mass is 35.5. The molecular formula is C26H23Cl2FN4O. The molecule has 5 nitrogen and oxygen atoms in total. The van der Waals surface area contributed by atoms with Gasteiger partial charge < -0.3 is 9.32 Å². The molecule has 0 aliphatic carbocycles. The molecule has 34 heavy (non-hydrogen) atoms. The minimum atomic E-state index is -0.299. The Hall–Kier alpha value is -2.93. The topological polar surface area (TPSA) is 45.4 Å². The van der Waals surface area contributed by atoms with Gasteiger partial charge in [-0.3, -0.25) is 4.90 Å². The lowest BCUT2D eigenvalue weighted by atomic mass is 10.0. The smallest absolute Gasteiger partial charge is 0.249 e. The first-order valence-corrected chi connectivity index (χ1v) is 11.8. The first-order valence-electron chi connectivity index (χ1n) is 11.1. The standard InChI is InChI=1S/C26H23Cl2FN4O/c1-17-6-9-19(27)16-23(17)32-12-14-33(15-13-32)24(18-7-10-20(29)11-8-18)26-31-30-25(34-26)21-4-2-3-5-22(21)28/h2-11,16,24H,12-15H2,1H3/t24-/m0/s1. The average molecular weight is 497 g/mol. The van der Waals surface area contributed by atoms with Gasteiger partial charge in [0.2, 0.25) is 11.8 Å². The Labute approximate surface area is 207 Å². The summed E-state index contributed by atoms with van der Waals surface area (Å²) >= 11 is 12.6. The van der Waals surface area contributed by atoms with Crippen LogP contribution >= 0.6 is 23.2 Å². The fraction of sp³-hybridized carbons (Fsp3) is 0.231. The predicted molar refractivity (Wildman–Crippen MR) is 133 cm³/mol. The van der Waals surface area contributed by atoms with Gasteiger partial charge in [-0.2, -0.15) is 0 Å². The van der Waals surface area contributed by atoms with E-state index in [1.807, 2.05) is 36.4 Å². The maximum Gasteiger partial charge on any atom is 0.249 e. The Balaban J connectivity index is 1.43. The third-order valence-corrected chi connectivity index (χ3v) is 6.72. The molecule has 1 saturated heterocycles. The number of rotatable bonds is 5. The van der Waals surface area contributed by atoms with Crippen molar-refractivity contribution in [3.05, 3.63) is 99.6 Å². The summed E-state index contributed by atoms with van der Waals surface area (Å²) in [5, 5.41) is 9.90. The van der Waals surface area contributed by atoms with Gasteiger partial charge in [-0.05, 0) is 54.4 Å². The van der Waals surface area contributed by atoms with Crippen LogP contribution in [0.3, 0.4) is 0 Å². The largest absolute Gasteiger partial charge is 0.419 e. The normalized spacial score (nSPS) is 15.5. The molecule has 0 unspecified atom stereocenters. The zero-order valence-corrected chi connectivity index (χ0v) is 20.1. The number of anilines is 1. The molecule has 1 aromatic heterocycles. The molecule has 8 heteroatoms. The van der Waals surface area contributed by atoms with Crippen molar-refractivity contribution in [3.8, 4) is 11.5 Å². The number of hydrogen-bond donors (Lipinski definition) is 0. The van der Waals surface area contributed by atoms with E-state index < -0.39 is 0 Å². The van der Waals surface area contributed by atoms with Crippen LogP contribution in [-0.2, 0) is 0 Å². The summed E-state index contributed by atoms with van der Waals surface area (Å²) in [7, 11) is 0. The quantitative estimate of drug-likeness (QED) is 0.319. The van der Waals surface area contributed by atoms with Crippen LogP contribution in [0.1, 0.15) is 23.1 Å². The molecule has 0 radical (unpaired) electrons. The molecule has 1 aliphatic heterocycles. The zero-order chi connectivity index (χ0) is 23.7. The van der Waals surface area contributed by atoms with Crippen LogP contribution in [0.5, 0.6) is 0 Å². The summed E-state index contributed by atoms with van der Waals surface area (Å²) in [6.07, 6.45) is 0. The Morgan fingerprint density at radius 3 is 2.38 bits per heavy atom. The van der Waals surface area contributed by atoms with Crippen molar-refractivity contribution >= 4 is 28.9 Å². The van der Waals surface area contributed by atoms with Gasteiger partial charge in [-0.15, -0.1) is 10.2 Å². The van der Waals surface area contributed by atoms with Crippen molar-refractivity contribution in [1.82, 2.24) is 15.1 Å². The summed E-state index contributed by atoms with van der Waals surface area (Å²) in [5.74, 6) is 0.529. The van der Waals surface area contributed by atoms with Gasteiger partial charge >= 0.3 is 0 Å². The van der Waals surface area contributed by atoms with E-state index in [2.05, 4.69) is 26.9 Å². The Bertz CT molecular complexity index is 1290. The van der Waals surface area contributed by atoms with Gasteiger partial charge in [-0.25, -0.2) is 4.39 Å². The first kappa shape index (κ1) is 22.8. The molecular weight excluding hydrogens is 474 g/mol. The molecule has 4 aromatic rings. The summed E-state index contributed by atoms with van der Waals surface area (Å²) < 4.78 is 19.8. The zero-order valence-electron chi connectivity index (χ0n) is 18.6. The number of aryl methyl sites for hydroxylation is 1.